The predicted octanol–water partition coefficient (Wildman–Crippen LogP) is 1.97. The SMILES string of the molecule is CCc1c(-c2ccc(N3CCC(C)(O)C3)cc2)[nH]c(=O)c(C(=O)O)c1O. The summed E-state index contributed by atoms with van der Waals surface area (Å²) >= 11 is 0. The average Bonchev–Trinajstić information content (AvgIpc) is 2.94. The van der Waals surface area contributed by atoms with E-state index in [2.05, 4.69) is 9.88 Å². The molecule has 2 heterocycles. The van der Waals surface area contributed by atoms with Gasteiger partial charge in [0.1, 0.15) is 5.75 Å². The van der Waals surface area contributed by atoms with Crippen LogP contribution in [0.5, 0.6) is 5.75 Å². The van der Waals surface area contributed by atoms with E-state index in [1.54, 1.807) is 6.92 Å². The van der Waals surface area contributed by atoms with Crippen molar-refractivity contribution in [3.8, 4) is 17.0 Å². The highest BCUT2D eigenvalue weighted by Gasteiger charge is 2.31. The number of nitrogens with zero attached hydrogens (tertiary/aromatic N) is 1. The molecule has 0 bridgehead atoms. The Hall–Kier alpha value is -2.80. The molecule has 1 atom stereocenters. The van der Waals surface area contributed by atoms with Crippen LogP contribution in [0.4, 0.5) is 5.69 Å². The van der Waals surface area contributed by atoms with Gasteiger partial charge in [-0.3, -0.25) is 4.79 Å². The Balaban J connectivity index is 2.00. The molecule has 7 nitrogen and oxygen atoms in total. The summed E-state index contributed by atoms with van der Waals surface area (Å²) in [5.74, 6) is -1.94. The number of aromatic nitrogens is 1. The number of hydrogen-bond donors (Lipinski definition) is 4. The van der Waals surface area contributed by atoms with E-state index >= 15 is 0 Å². The van der Waals surface area contributed by atoms with E-state index in [0.717, 1.165) is 12.2 Å². The number of nitrogens with one attached hydrogen (secondary N) is 1. The molecular weight excluding hydrogens is 336 g/mol. The number of aromatic amines is 1. The van der Waals surface area contributed by atoms with Crippen LogP contribution in [0, 0.1) is 0 Å². The average molecular weight is 358 g/mol. The smallest absolute Gasteiger partial charge is 0.345 e. The summed E-state index contributed by atoms with van der Waals surface area (Å²) in [7, 11) is 0. The highest BCUT2D eigenvalue weighted by atomic mass is 16.4. The van der Waals surface area contributed by atoms with E-state index in [4.69, 9.17) is 5.11 Å². The third kappa shape index (κ3) is 3.17. The Morgan fingerprint density at radius 3 is 2.46 bits per heavy atom. The number of carboxylic acids is 1. The molecule has 0 amide bonds. The molecule has 1 unspecified atom stereocenters. The van der Waals surface area contributed by atoms with Crippen molar-refractivity contribution < 1.29 is 20.1 Å². The van der Waals surface area contributed by atoms with Crippen molar-refractivity contribution in [1.82, 2.24) is 4.98 Å². The monoisotopic (exact) mass is 358 g/mol. The third-order valence-electron chi connectivity index (χ3n) is 4.83. The number of anilines is 1. The standard InChI is InChI=1S/C19H22N2O5/c1-3-13-15(20-17(23)14(16(13)22)18(24)25)11-4-6-12(7-5-11)21-9-8-19(2,26)10-21/h4-7,26H,3,8-10H2,1-2H3,(H,24,25)(H2,20,22,23). The number of aromatic carboxylic acids is 1. The van der Waals surface area contributed by atoms with Crippen LogP contribution in [-0.2, 0) is 6.42 Å². The summed E-state index contributed by atoms with van der Waals surface area (Å²) in [5.41, 5.74) is 0.277. The molecule has 1 saturated heterocycles. The molecule has 1 aliphatic heterocycles. The van der Waals surface area contributed by atoms with Gasteiger partial charge in [-0.05, 0) is 37.5 Å². The Morgan fingerprint density at radius 2 is 1.96 bits per heavy atom. The number of pyridine rings is 1. The van der Waals surface area contributed by atoms with Gasteiger partial charge in [0.2, 0.25) is 0 Å². The molecule has 3 rings (SSSR count). The van der Waals surface area contributed by atoms with Gasteiger partial charge in [-0.2, -0.15) is 0 Å². The van der Waals surface area contributed by atoms with Gasteiger partial charge in [0.15, 0.2) is 5.56 Å². The number of carboxylic acid groups (broad SMARTS) is 1. The minimum absolute atomic E-state index is 0.370. The summed E-state index contributed by atoms with van der Waals surface area (Å²) < 4.78 is 0. The molecule has 0 aliphatic carbocycles. The van der Waals surface area contributed by atoms with Gasteiger partial charge >= 0.3 is 5.97 Å². The van der Waals surface area contributed by atoms with Gasteiger partial charge in [-0.15, -0.1) is 0 Å². The number of aliphatic hydroxyl groups is 1. The molecule has 1 aromatic heterocycles. The van der Waals surface area contributed by atoms with Crippen LogP contribution >= 0.6 is 0 Å². The second-order valence-electron chi connectivity index (χ2n) is 6.91. The van der Waals surface area contributed by atoms with Crippen LogP contribution in [0.2, 0.25) is 0 Å². The van der Waals surface area contributed by atoms with Crippen molar-refractivity contribution in [1.29, 1.82) is 0 Å². The topological polar surface area (TPSA) is 114 Å². The molecule has 4 N–H and O–H groups in total. The number of benzene rings is 1. The van der Waals surface area contributed by atoms with Crippen LogP contribution < -0.4 is 10.5 Å². The van der Waals surface area contributed by atoms with Gasteiger partial charge in [0, 0.05) is 24.3 Å². The maximum Gasteiger partial charge on any atom is 0.345 e. The lowest BCUT2D eigenvalue weighted by atomic mass is 10.0. The first-order valence-corrected chi connectivity index (χ1v) is 8.52. The number of aromatic hydroxyl groups is 1. The zero-order valence-corrected chi connectivity index (χ0v) is 14.7. The normalized spacial score (nSPS) is 19.7. The number of hydrogen-bond acceptors (Lipinski definition) is 5. The van der Waals surface area contributed by atoms with Crippen molar-refractivity contribution >= 4 is 11.7 Å². The van der Waals surface area contributed by atoms with Crippen molar-refractivity contribution in [3.63, 3.8) is 0 Å². The van der Waals surface area contributed by atoms with E-state index in [9.17, 15) is 19.8 Å². The molecule has 0 saturated carbocycles. The summed E-state index contributed by atoms with van der Waals surface area (Å²) in [5, 5.41) is 29.5. The summed E-state index contributed by atoms with van der Waals surface area (Å²) in [6, 6.07) is 7.40. The van der Waals surface area contributed by atoms with Crippen LogP contribution in [0.25, 0.3) is 11.3 Å². The second-order valence-corrected chi connectivity index (χ2v) is 6.91. The molecule has 1 fully saturated rings. The lowest BCUT2D eigenvalue weighted by Crippen LogP contribution is -2.29. The second kappa shape index (κ2) is 6.49. The van der Waals surface area contributed by atoms with Crippen LogP contribution in [0.15, 0.2) is 29.1 Å². The van der Waals surface area contributed by atoms with E-state index in [1.165, 1.54) is 0 Å². The first kappa shape index (κ1) is 18.0. The van der Waals surface area contributed by atoms with Crippen LogP contribution in [0.3, 0.4) is 0 Å². The Labute approximate surface area is 150 Å². The zero-order valence-electron chi connectivity index (χ0n) is 14.7. The minimum Gasteiger partial charge on any atom is -0.506 e. The summed E-state index contributed by atoms with van der Waals surface area (Å²) in [6.07, 6.45) is 1.07. The molecule has 1 aliphatic rings. The van der Waals surface area contributed by atoms with Gasteiger partial charge in [-0.25, -0.2) is 4.79 Å². The lowest BCUT2D eigenvalue weighted by molar-refractivity contribution is 0.0691. The van der Waals surface area contributed by atoms with Gasteiger partial charge in [0.05, 0.1) is 11.3 Å². The highest BCUT2D eigenvalue weighted by molar-refractivity contribution is 5.92. The molecule has 0 spiro atoms. The fraction of sp³-hybridized carbons (Fsp3) is 0.368. The van der Waals surface area contributed by atoms with E-state index in [0.29, 0.717) is 36.2 Å². The molecule has 1 aromatic carbocycles. The quantitative estimate of drug-likeness (QED) is 0.664. The van der Waals surface area contributed by atoms with Gasteiger partial charge in [-0.1, -0.05) is 19.1 Å². The van der Waals surface area contributed by atoms with Crippen molar-refractivity contribution in [2.24, 2.45) is 0 Å². The molecule has 7 heteroatoms. The van der Waals surface area contributed by atoms with Gasteiger partial charge < -0.3 is 25.2 Å². The molecule has 2 aromatic rings. The number of carbonyl (C=O) groups is 1. The van der Waals surface area contributed by atoms with Crippen molar-refractivity contribution in [2.75, 3.05) is 18.0 Å². The Bertz CT molecular complexity index is 899. The Kier molecular flexibility index (Phi) is 4.50. The largest absolute Gasteiger partial charge is 0.506 e. The predicted molar refractivity (Wildman–Crippen MR) is 98.0 cm³/mol. The van der Waals surface area contributed by atoms with E-state index < -0.39 is 28.4 Å². The number of rotatable bonds is 4. The minimum atomic E-state index is -1.46. The van der Waals surface area contributed by atoms with E-state index in [1.807, 2.05) is 31.2 Å². The summed E-state index contributed by atoms with van der Waals surface area (Å²) in [4.78, 5) is 27.9. The first-order valence-electron chi connectivity index (χ1n) is 8.52. The van der Waals surface area contributed by atoms with Crippen LogP contribution in [0.1, 0.15) is 36.2 Å². The molecule has 0 radical (unpaired) electrons. The maximum atomic E-state index is 12.1. The number of β-amino-alcohol motifs (C(OH)–C–C–N with tert-alkyl or cyclic N) is 1. The summed E-state index contributed by atoms with van der Waals surface area (Å²) in [6.45, 7) is 4.91. The fourth-order valence-corrected chi connectivity index (χ4v) is 3.42. The molecule has 26 heavy (non-hydrogen) atoms. The van der Waals surface area contributed by atoms with Gasteiger partial charge in [0.25, 0.3) is 5.56 Å². The van der Waals surface area contributed by atoms with Crippen molar-refractivity contribution in [3.05, 3.63) is 45.7 Å². The van der Waals surface area contributed by atoms with Crippen molar-refractivity contribution in [2.45, 2.75) is 32.3 Å². The third-order valence-corrected chi connectivity index (χ3v) is 4.83. The van der Waals surface area contributed by atoms with E-state index in [-0.39, 0.29) is 0 Å². The maximum absolute atomic E-state index is 12.1. The fourth-order valence-electron chi connectivity index (χ4n) is 3.42. The molecule has 138 valence electrons. The van der Waals surface area contributed by atoms with Crippen LogP contribution in [-0.4, -0.2) is 45.0 Å². The molecular formula is C19H22N2O5. The highest BCUT2D eigenvalue weighted by Crippen LogP contribution is 2.32. The Morgan fingerprint density at radius 1 is 1.31 bits per heavy atom. The lowest BCUT2D eigenvalue weighted by Gasteiger charge is -2.21. The first-order chi connectivity index (χ1) is 12.2. The zero-order chi connectivity index (χ0) is 19.1. The number of H-pyrrole nitrogens is 1.